The number of nitrogens with one attached hydrogen (secondary N) is 1. The van der Waals surface area contributed by atoms with E-state index < -0.39 is 0 Å². The predicted molar refractivity (Wildman–Crippen MR) is 106 cm³/mol. The highest BCUT2D eigenvalue weighted by atomic mass is 35.5. The molecule has 26 heavy (non-hydrogen) atoms. The van der Waals surface area contributed by atoms with E-state index in [0.29, 0.717) is 11.1 Å². The van der Waals surface area contributed by atoms with Gasteiger partial charge in [0.05, 0.1) is 5.69 Å². The number of hydrogen-bond donors (Lipinski definition) is 1. The second-order valence-corrected chi connectivity index (χ2v) is 7.95. The Morgan fingerprint density at radius 3 is 2.69 bits per heavy atom. The Kier molecular flexibility index (Phi) is 5.71. The van der Waals surface area contributed by atoms with Crippen molar-refractivity contribution in [3.05, 3.63) is 52.3 Å². The summed E-state index contributed by atoms with van der Waals surface area (Å²) in [4.78, 5) is 11.7. The normalized spacial score (nSPS) is 18.5. The van der Waals surface area contributed by atoms with Crippen LogP contribution in [-0.2, 0) is 19.5 Å². The quantitative estimate of drug-likeness (QED) is 0.776. The standard InChI is InChI=1S/C21H27ClN4/c22-20-18-15-26(14-17-9-5-2-6-10-17)12-11-19(18)24-21(25-20)23-13-16-7-3-1-4-8-16/h2,5-6,9-10,16H,1,3-4,7-8,11-15H2,(H,23,24,25). The fourth-order valence-electron chi connectivity index (χ4n) is 4.11. The third kappa shape index (κ3) is 4.36. The molecule has 1 aliphatic carbocycles. The highest BCUT2D eigenvalue weighted by molar-refractivity contribution is 6.30. The number of aromatic nitrogens is 2. The maximum atomic E-state index is 6.52. The van der Waals surface area contributed by atoms with Crippen LogP contribution in [0.2, 0.25) is 5.15 Å². The summed E-state index contributed by atoms with van der Waals surface area (Å²) < 4.78 is 0. The van der Waals surface area contributed by atoms with Crippen molar-refractivity contribution >= 4 is 17.5 Å². The zero-order valence-corrected chi connectivity index (χ0v) is 16.0. The smallest absolute Gasteiger partial charge is 0.224 e. The van der Waals surface area contributed by atoms with E-state index >= 15 is 0 Å². The molecular weight excluding hydrogens is 344 g/mol. The second kappa shape index (κ2) is 8.36. The Hall–Kier alpha value is -1.65. The summed E-state index contributed by atoms with van der Waals surface area (Å²) in [6, 6.07) is 10.6. The van der Waals surface area contributed by atoms with Crippen LogP contribution in [0.25, 0.3) is 0 Å². The number of benzene rings is 1. The first-order chi connectivity index (χ1) is 12.8. The van der Waals surface area contributed by atoms with E-state index in [9.17, 15) is 0 Å². The molecule has 138 valence electrons. The minimum absolute atomic E-state index is 0.610. The van der Waals surface area contributed by atoms with Crippen LogP contribution in [0.4, 0.5) is 5.95 Å². The average molecular weight is 371 g/mol. The molecule has 1 aromatic heterocycles. The van der Waals surface area contributed by atoms with E-state index in [0.717, 1.165) is 49.8 Å². The number of anilines is 1. The molecule has 0 amide bonds. The highest BCUT2D eigenvalue weighted by Crippen LogP contribution is 2.27. The van der Waals surface area contributed by atoms with Crippen molar-refractivity contribution in [3.63, 3.8) is 0 Å². The molecule has 1 N–H and O–H groups in total. The lowest BCUT2D eigenvalue weighted by Crippen LogP contribution is -2.31. The summed E-state index contributed by atoms with van der Waals surface area (Å²) in [6.07, 6.45) is 7.67. The molecule has 0 spiro atoms. The van der Waals surface area contributed by atoms with E-state index in [2.05, 4.69) is 45.5 Å². The third-order valence-corrected chi connectivity index (χ3v) is 5.92. The number of nitrogens with zero attached hydrogens (tertiary/aromatic N) is 3. The van der Waals surface area contributed by atoms with Gasteiger partial charge in [-0.1, -0.05) is 61.2 Å². The van der Waals surface area contributed by atoms with Gasteiger partial charge < -0.3 is 5.32 Å². The van der Waals surface area contributed by atoms with Crippen LogP contribution in [0.15, 0.2) is 30.3 Å². The summed E-state index contributed by atoms with van der Waals surface area (Å²) >= 11 is 6.52. The molecule has 0 radical (unpaired) electrons. The SMILES string of the molecule is Clc1nc(NCC2CCCCC2)nc2c1CN(Cc1ccccc1)CC2. The van der Waals surface area contributed by atoms with Crippen LogP contribution in [0.5, 0.6) is 0 Å². The Balaban J connectivity index is 1.40. The van der Waals surface area contributed by atoms with Crippen molar-refractivity contribution in [2.45, 2.75) is 51.6 Å². The molecular formula is C21H27ClN4. The molecule has 4 nitrogen and oxygen atoms in total. The fraction of sp³-hybridized carbons (Fsp3) is 0.524. The summed E-state index contributed by atoms with van der Waals surface area (Å²) in [5.41, 5.74) is 3.54. The zero-order chi connectivity index (χ0) is 17.8. The second-order valence-electron chi connectivity index (χ2n) is 7.59. The molecule has 2 heterocycles. The molecule has 0 unspecified atom stereocenters. The first-order valence-corrected chi connectivity index (χ1v) is 10.2. The van der Waals surface area contributed by atoms with Crippen molar-refractivity contribution in [1.29, 1.82) is 0 Å². The number of rotatable bonds is 5. The summed E-state index contributed by atoms with van der Waals surface area (Å²) in [6.45, 7) is 3.75. The maximum absolute atomic E-state index is 6.52. The monoisotopic (exact) mass is 370 g/mol. The number of halogens is 1. The van der Waals surface area contributed by atoms with Crippen molar-refractivity contribution in [2.75, 3.05) is 18.4 Å². The predicted octanol–water partition coefficient (Wildman–Crippen LogP) is 4.68. The van der Waals surface area contributed by atoms with Crippen molar-refractivity contribution in [2.24, 2.45) is 5.92 Å². The molecule has 4 rings (SSSR count). The Bertz CT molecular complexity index is 728. The van der Waals surface area contributed by atoms with E-state index in [-0.39, 0.29) is 0 Å². The zero-order valence-electron chi connectivity index (χ0n) is 15.3. The lowest BCUT2D eigenvalue weighted by atomic mass is 9.89. The first kappa shape index (κ1) is 17.7. The van der Waals surface area contributed by atoms with Gasteiger partial charge in [-0.2, -0.15) is 0 Å². The molecule has 2 aliphatic rings. The molecule has 0 saturated heterocycles. The van der Waals surface area contributed by atoms with Crippen molar-refractivity contribution in [1.82, 2.24) is 14.9 Å². The van der Waals surface area contributed by atoms with Crippen LogP contribution < -0.4 is 5.32 Å². The lowest BCUT2D eigenvalue weighted by Gasteiger charge is -2.29. The van der Waals surface area contributed by atoms with Crippen LogP contribution in [0, 0.1) is 5.92 Å². The van der Waals surface area contributed by atoms with Crippen LogP contribution >= 0.6 is 11.6 Å². The van der Waals surface area contributed by atoms with Gasteiger partial charge in [-0.3, -0.25) is 4.90 Å². The van der Waals surface area contributed by atoms with Gasteiger partial charge in [-0.15, -0.1) is 0 Å². The molecule has 0 bridgehead atoms. The molecule has 2 aromatic rings. The largest absolute Gasteiger partial charge is 0.354 e. The maximum Gasteiger partial charge on any atom is 0.224 e. The van der Waals surface area contributed by atoms with Gasteiger partial charge in [0.25, 0.3) is 0 Å². The van der Waals surface area contributed by atoms with Crippen molar-refractivity contribution < 1.29 is 0 Å². The van der Waals surface area contributed by atoms with Crippen LogP contribution in [0.1, 0.15) is 48.9 Å². The number of hydrogen-bond acceptors (Lipinski definition) is 4. The summed E-state index contributed by atoms with van der Waals surface area (Å²) in [7, 11) is 0. The van der Waals surface area contributed by atoms with Gasteiger partial charge in [-0.25, -0.2) is 9.97 Å². The van der Waals surface area contributed by atoms with Gasteiger partial charge in [0.1, 0.15) is 5.15 Å². The molecule has 1 aliphatic heterocycles. The minimum atomic E-state index is 0.610. The van der Waals surface area contributed by atoms with Gasteiger partial charge in [-0.05, 0) is 24.3 Å². The summed E-state index contributed by atoms with van der Waals surface area (Å²) in [5.74, 6) is 1.46. The third-order valence-electron chi connectivity index (χ3n) is 5.61. The van der Waals surface area contributed by atoms with Crippen LogP contribution in [-0.4, -0.2) is 28.0 Å². The summed E-state index contributed by atoms with van der Waals surface area (Å²) in [5, 5.41) is 4.05. The van der Waals surface area contributed by atoms with Gasteiger partial charge >= 0.3 is 0 Å². The van der Waals surface area contributed by atoms with E-state index in [1.54, 1.807) is 0 Å². The first-order valence-electron chi connectivity index (χ1n) is 9.83. The van der Waals surface area contributed by atoms with E-state index in [1.165, 1.54) is 37.7 Å². The molecule has 5 heteroatoms. The number of fused-ring (bicyclic) bond motifs is 1. The van der Waals surface area contributed by atoms with Crippen molar-refractivity contribution in [3.8, 4) is 0 Å². The fourth-order valence-corrected chi connectivity index (χ4v) is 4.36. The lowest BCUT2D eigenvalue weighted by molar-refractivity contribution is 0.243. The highest BCUT2D eigenvalue weighted by Gasteiger charge is 2.22. The minimum Gasteiger partial charge on any atom is -0.354 e. The van der Waals surface area contributed by atoms with E-state index in [1.807, 2.05) is 0 Å². The molecule has 1 fully saturated rings. The Morgan fingerprint density at radius 1 is 1.08 bits per heavy atom. The Morgan fingerprint density at radius 2 is 1.88 bits per heavy atom. The molecule has 1 aromatic carbocycles. The van der Waals surface area contributed by atoms with Gasteiger partial charge in [0.2, 0.25) is 5.95 Å². The average Bonchev–Trinajstić information content (AvgIpc) is 2.68. The topological polar surface area (TPSA) is 41.1 Å². The van der Waals surface area contributed by atoms with Gasteiger partial charge in [0.15, 0.2) is 0 Å². The molecule has 0 atom stereocenters. The van der Waals surface area contributed by atoms with E-state index in [4.69, 9.17) is 16.6 Å². The molecule has 1 saturated carbocycles. The van der Waals surface area contributed by atoms with Crippen LogP contribution in [0.3, 0.4) is 0 Å². The van der Waals surface area contributed by atoms with Gasteiger partial charge in [0, 0.05) is 38.2 Å². The Labute approximate surface area is 161 Å².